The van der Waals surface area contributed by atoms with Crippen LogP contribution in [-0.4, -0.2) is 36.7 Å². The Hall–Kier alpha value is -0.0800. The van der Waals surface area contributed by atoms with Crippen molar-refractivity contribution in [1.29, 1.82) is 0 Å². The highest BCUT2D eigenvalue weighted by Crippen LogP contribution is 2.25. The highest BCUT2D eigenvalue weighted by atomic mass is 16.5. The first-order valence-electron chi connectivity index (χ1n) is 6.64. The molecule has 0 aromatic rings. The van der Waals surface area contributed by atoms with Crippen molar-refractivity contribution >= 4 is 0 Å². The quantitative estimate of drug-likeness (QED) is 0.734. The lowest BCUT2D eigenvalue weighted by Gasteiger charge is -2.37. The van der Waals surface area contributed by atoms with Gasteiger partial charge in [0.1, 0.15) is 0 Å². The summed E-state index contributed by atoms with van der Waals surface area (Å²) in [7, 11) is 0. The molecule has 96 valence electrons. The van der Waals surface area contributed by atoms with Crippen LogP contribution >= 0.6 is 0 Å². The van der Waals surface area contributed by atoms with Gasteiger partial charge in [-0.05, 0) is 31.6 Å². The van der Waals surface area contributed by atoms with Crippen LogP contribution in [0.15, 0.2) is 0 Å². The van der Waals surface area contributed by atoms with Crippen molar-refractivity contribution < 1.29 is 4.74 Å². The monoisotopic (exact) mass is 227 g/mol. The summed E-state index contributed by atoms with van der Waals surface area (Å²) in [4.78, 5) is 2.56. The minimum absolute atomic E-state index is 0.394. The Morgan fingerprint density at radius 2 is 1.69 bits per heavy atom. The van der Waals surface area contributed by atoms with Gasteiger partial charge >= 0.3 is 0 Å². The van der Waals surface area contributed by atoms with Crippen LogP contribution in [0, 0.1) is 11.3 Å². The van der Waals surface area contributed by atoms with Crippen LogP contribution in [0.5, 0.6) is 0 Å². The van der Waals surface area contributed by atoms with Gasteiger partial charge in [0.05, 0.1) is 12.2 Å². The number of hydrogen-bond donors (Lipinski definition) is 0. The van der Waals surface area contributed by atoms with Crippen molar-refractivity contribution in [2.24, 2.45) is 11.3 Å². The van der Waals surface area contributed by atoms with Gasteiger partial charge in [0.15, 0.2) is 0 Å². The van der Waals surface area contributed by atoms with Gasteiger partial charge < -0.3 is 4.74 Å². The lowest BCUT2D eigenvalue weighted by molar-refractivity contribution is -0.0718. The number of morpholine rings is 1. The molecule has 2 nitrogen and oxygen atoms in total. The molecule has 1 aliphatic heterocycles. The van der Waals surface area contributed by atoms with Crippen molar-refractivity contribution in [2.45, 2.75) is 60.2 Å². The summed E-state index contributed by atoms with van der Waals surface area (Å²) >= 11 is 0. The molecule has 0 aromatic carbocycles. The molecule has 2 heteroatoms. The second kappa shape index (κ2) is 5.50. The Labute approximate surface area is 101 Å². The van der Waals surface area contributed by atoms with E-state index in [0.29, 0.717) is 17.6 Å². The Kier molecular flexibility index (Phi) is 4.81. The average molecular weight is 227 g/mol. The molecular formula is C14H29NO. The van der Waals surface area contributed by atoms with Gasteiger partial charge in [-0.2, -0.15) is 0 Å². The zero-order valence-electron chi connectivity index (χ0n) is 11.9. The number of hydrogen-bond acceptors (Lipinski definition) is 2. The van der Waals surface area contributed by atoms with Gasteiger partial charge in [0.2, 0.25) is 0 Å². The van der Waals surface area contributed by atoms with E-state index in [9.17, 15) is 0 Å². The lowest BCUT2D eigenvalue weighted by atomic mass is 9.85. The van der Waals surface area contributed by atoms with Gasteiger partial charge in [-0.15, -0.1) is 0 Å². The van der Waals surface area contributed by atoms with E-state index in [4.69, 9.17) is 4.74 Å². The smallest absolute Gasteiger partial charge is 0.0678 e. The van der Waals surface area contributed by atoms with Crippen LogP contribution in [0.4, 0.5) is 0 Å². The standard InChI is InChI=1S/C14H29NO/c1-11(7-14(4,5)6)8-15-9-12(2)16-13(3)10-15/h11-13H,7-10H2,1-6H3/t11-,12-,13+/m0/s1. The summed E-state index contributed by atoms with van der Waals surface area (Å²) in [6.45, 7) is 17.1. The summed E-state index contributed by atoms with van der Waals surface area (Å²) in [5.41, 5.74) is 0.447. The third kappa shape index (κ3) is 5.31. The molecule has 1 rings (SSSR count). The Balaban J connectivity index is 2.35. The van der Waals surface area contributed by atoms with E-state index in [1.807, 2.05) is 0 Å². The molecule has 0 aliphatic carbocycles. The van der Waals surface area contributed by atoms with Gasteiger partial charge in [-0.3, -0.25) is 4.90 Å². The fraction of sp³-hybridized carbons (Fsp3) is 1.00. The SMILES string of the molecule is C[C@H](CN1C[C@@H](C)O[C@@H](C)C1)CC(C)(C)C. The number of rotatable bonds is 3. The van der Waals surface area contributed by atoms with E-state index in [1.165, 1.54) is 13.0 Å². The summed E-state index contributed by atoms with van der Waals surface area (Å²) < 4.78 is 5.76. The summed E-state index contributed by atoms with van der Waals surface area (Å²) in [6, 6.07) is 0. The zero-order chi connectivity index (χ0) is 12.3. The van der Waals surface area contributed by atoms with Crippen LogP contribution in [0.3, 0.4) is 0 Å². The first-order chi connectivity index (χ1) is 7.26. The van der Waals surface area contributed by atoms with Crippen LogP contribution in [0.1, 0.15) is 48.0 Å². The molecular weight excluding hydrogens is 198 g/mol. The predicted octanol–water partition coefficient (Wildman–Crippen LogP) is 3.17. The molecule has 0 saturated carbocycles. The zero-order valence-corrected chi connectivity index (χ0v) is 11.9. The maximum atomic E-state index is 5.76. The fourth-order valence-electron chi connectivity index (χ4n) is 2.98. The summed E-state index contributed by atoms with van der Waals surface area (Å²) in [6.07, 6.45) is 2.09. The minimum atomic E-state index is 0.394. The fourth-order valence-corrected chi connectivity index (χ4v) is 2.98. The average Bonchev–Trinajstić information content (AvgIpc) is 1.96. The first kappa shape index (κ1) is 14.0. The molecule has 1 fully saturated rings. The van der Waals surface area contributed by atoms with E-state index < -0.39 is 0 Å². The van der Waals surface area contributed by atoms with Crippen LogP contribution in [0.2, 0.25) is 0 Å². The topological polar surface area (TPSA) is 12.5 Å². The summed E-state index contributed by atoms with van der Waals surface area (Å²) in [5, 5.41) is 0. The molecule has 3 atom stereocenters. The molecule has 0 spiro atoms. The highest BCUT2D eigenvalue weighted by molar-refractivity contribution is 4.76. The minimum Gasteiger partial charge on any atom is -0.373 e. The van der Waals surface area contributed by atoms with Crippen molar-refractivity contribution in [3.05, 3.63) is 0 Å². The van der Waals surface area contributed by atoms with E-state index in [0.717, 1.165) is 19.0 Å². The highest BCUT2D eigenvalue weighted by Gasteiger charge is 2.24. The van der Waals surface area contributed by atoms with Crippen LogP contribution < -0.4 is 0 Å². The second-order valence-corrected chi connectivity index (χ2v) is 6.85. The Morgan fingerprint density at radius 1 is 1.19 bits per heavy atom. The summed E-state index contributed by atoms with van der Waals surface area (Å²) in [5.74, 6) is 0.775. The van der Waals surface area contributed by atoms with Gasteiger partial charge in [-0.1, -0.05) is 27.7 Å². The van der Waals surface area contributed by atoms with Crippen molar-refractivity contribution in [3.63, 3.8) is 0 Å². The molecule has 1 heterocycles. The molecule has 0 aromatic heterocycles. The van der Waals surface area contributed by atoms with Crippen molar-refractivity contribution in [3.8, 4) is 0 Å². The van der Waals surface area contributed by atoms with E-state index >= 15 is 0 Å². The lowest BCUT2D eigenvalue weighted by Crippen LogP contribution is -2.47. The second-order valence-electron chi connectivity index (χ2n) is 6.85. The number of nitrogens with zero attached hydrogens (tertiary/aromatic N) is 1. The Morgan fingerprint density at radius 3 is 2.12 bits per heavy atom. The van der Waals surface area contributed by atoms with Gasteiger partial charge in [-0.25, -0.2) is 0 Å². The number of ether oxygens (including phenoxy) is 1. The van der Waals surface area contributed by atoms with Gasteiger partial charge in [0.25, 0.3) is 0 Å². The molecule has 1 saturated heterocycles. The molecule has 0 amide bonds. The normalized spacial score (nSPS) is 30.4. The van der Waals surface area contributed by atoms with Crippen LogP contribution in [-0.2, 0) is 4.74 Å². The third-order valence-corrected chi connectivity index (χ3v) is 3.03. The predicted molar refractivity (Wildman–Crippen MR) is 69.7 cm³/mol. The largest absolute Gasteiger partial charge is 0.373 e. The molecule has 0 radical (unpaired) electrons. The van der Waals surface area contributed by atoms with E-state index in [2.05, 4.69) is 46.4 Å². The first-order valence-corrected chi connectivity index (χ1v) is 6.64. The Bertz CT molecular complexity index is 199. The van der Waals surface area contributed by atoms with Crippen molar-refractivity contribution in [2.75, 3.05) is 19.6 Å². The molecule has 1 aliphatic rings. The third-order valence-electron chi connectivity index (χ3n) is 3.03. The molecule has 0 unspecified atom stereocenters. The van der Waals surface area contributed by atoms with E-state index in [1.54, 1.807) is 0 Å². The van der Waals surface area contributed by atoms with Gasteiger partial charge in [0, 0.05) is 19.6 Å². The van der Waals surface area contributed by atoms with Crippen LogP contribution in [0.25, 0.3) is 0 Å². The van der Waals surface area contributed by atoms with E-state index in [-0.39, 0.29) is 0 Å². The maximum absolute atomic E-state index is 5.76. The molecule has 16 heavy (non-hydrogen) atoms. The maximum Gasteiger partial charge on any atom is 0.0678 e. The molecule has 0 bridgehead atoms. The molecule has 0 N–H and O–H groups in total. The van der Waals surface area contributed by atoms with Crippen molar-refractivity contribution in [1.82, 2.24) is 4.90 Å².